The molecule has 0 saturated carbocycles. The molecule has 2 heterocycles. The molecule has 2 aromatic rings. The van der Waals surface area contributed by atoms with Crippen LogP contribution in [0.25, 0.3) is 0 Å². The highest BCUT2D eigenvalue weighted by molar-refractivity contribution is 7.92. The van der Waals surface area contributed by atoms with Crippen molar-refractivity contribution >= 4 is 21.6 Å². The first-order valence-electron chi connectivity index (χ1n) is 10.3. The number of carbonyl (C=O) groups excluding carboxylic acids is 1. The van der Waals surface area contributed by atoms with Gasteiger partial charge in [0.05, 0.1) is 16.7 Å². The molecule has 2 aromatic carbocycles. The standard InChI is InChI=1S/C22H26N2O5S/c25-22(23-15-19-7-4-14-28-19)16-29-18-9-11-20(12-10-18)30(26,27)24-13-3-6-17-5-1-2-8-21(17)24/h1-2,5,8-12,19H,3-4,6-7,13-16H2,(H,23,25)/t19-/m1/s1. The zero-order chi connectivity index (χ0) is 21.0. The summed E-state index contributed by atoms with van der Waals surface area (Å²) in [6.45, 7) is 1.56. The van der Waals surface area contributed by atoms with Gasteiger partial charge in [0.2, 0.25) is 0 Å². The second kappa shape index (κ2) is 9.06. The van der Waals surface area contributed by atoms with E-state index in [1.165, 1.54) is 16.4 Å². The molecule has 160 valence electrons. The van der Waals surface area contributed by atoms with E-state index in [9.17, 15) is 13.2 Å². The average molecular weight is 431 g/mol. The van der Waals surface area contributed by atoms with Crippen molar-refractivity contribution in [2.24, 2.45) is 0 Å². The molecule has 0 aromatic heterocycles. The number of carbonyl (C=O) groups is 1. The Morgan fingerprint density at radius 2 is 1.93 bits per heavy atom. The molecule has 2 aliphatic rings. The molecule has 0 radical (unpaired) electrons. The van der Waals surface area contributed by atoms with E-state index in [1.807, 2.05) is 24.3 Å². The number of nitrogens with one attached hydrogen (secondary N) is 1. The molecule has 0 unspecified atom stereocenters. The first-order valence-corrected chi connectivity index (χ1v) is 11.7. The second-order valence-corrected chi connectivity index (χ2v) is 9.37. The highest BCUT2D eigenvalue weighted by Gasteiger charge is 2.28. The van der Waals surface area contributed by atoms with Crippen molar-refractivity contribution in [2.45, 2.75) is 36.7 Å². The van der Waals surface area contributed by atoms with E-state index in [-0.39, 0.29) is 23.5 Å². The van der Waals surface area contributed by atoms with E-state index >= 15 is 0 Å². The molecular weight excluding hydrogens is 404 g/mol. The summed E-state index contributed by atoms with van der Waals surface area (Å²) in [6, 6.07) is 13.8. The third kappa shape index (κ3) is 4.60. The van der Waals surface area contributed by atoms with Crippen molar-refractivity contribution in [3.63, 3.8) is 0 Å². The van der Waals surface area contributed by atoms with Crippen LogP contribution in [-0.2, 0) is 26.0 Å². The zero-order valence-corrected chi connectivity index (χ0v) is 17.6. The number of para-hydroxylation sites is 1. The molecule has 1 saturated heterocycles. The maximum absolute atomic E-state index is 13.1. The molecule has 1 fully saturated rings. The quantitative estimate of drug-likeness (QED) is 0.730. The maximum Gasteiger partial charge on any atom is 0.264 e. The van der Waals surface area contributed by atoms with Crippen molar-refractivity contribution in [3.05, 3.63) is 54.1 Å². The fraction of sp³-hybridized carbons (Fsp3) is 0.409. The summed E-state index contributed by atoms with van der Waals surface area (Å²) in [4.78, 5) is 12.1. The monoisotopic (exact) mass is 430 g/mol. The lowest BCUT2D eigenvalue weighted by molar-refractivity contribution is -0.123. The number of nitrogens with zero attached hydrogens (tertiary/aromatic N) is 1. The summed E-state index contributed by atoms with van der Waals surface area (Å²) >= 11 is 0. The van der Waals surface area contributed by atoms with Crippen molar-refractivity contribution in [3.8, 4) is 5.75 Å². The molecule has 0 aliphatic carbocycles. The molecule has 0 bridgehead atoms. The SMILES string of the molecule is O=C(COc1ccc(S(=O)(=O)N2CCCc3ccccc32)cc1)NC[C@H]1CCCO1. The number of rotatable bonds is 7. The van der Waals surface area contributed by atoms with Crippen LogP contribution >= 0.6 is 0 Å². The van der Waals surface area contributed by atoms with Gasteiger partial charge in [0, 0.05) is 19.7 Å². The van der Waals surface area contributed by atoms with E-state index in [0.29, 0.717) is 18.8 Å². The number of hydrogen-bond donors (Lipinski definition) is 1. The van der Waals surface area contributed by atoms with Gasteiger partial charge in [-0.15, -0.1) is 0 Å². The summed E-state index contributed by atoms with van der Waals surface area (Å²) in [7, 11) is -3.66. The second-order valence-electron chi connectivity index (χ2n) is 7.51. The predicted molar refractivity (Wildman–Crippen MR) is 113 cm³/mol. The summed E-state index contributed by atoms with van der Waals surface area (Å²) in [6.07, 6.45) is 3.73. The van der Waals surface area contributed by atoms with Gasteiger partial charge in [-0.05, 0) is 61.6 Å². The van der Waals surface area contributed by atoms with Crippen LogP contribution in [0.5, 0.6) is 5.75 Å². The minimum absolute atomic E-state index is 0.0818. The van der Waals surface area contributed by atoms with Crippen molar-refractivity contribution < 1.29 is 22.7 Å². The Morgan fingerprint density at radius 3 is 2.70 bits per heavy atom. The van der Waals surface area contributed by atoms with Crippen LogP contribution in [0.15, 0.2) is 53.4 Å². The fourth-order valence-corrected chi connectivity index (χ4v) is 5.36. The fourth-order valence-electron chi connectivity index (χ4n) is 3.82. The highest BCUT2D eigenvalue weighted by Crippen LogP contribution is 2.32. The molecule has 8 heteroatoms. The minimum atomic E-state index is -3.66. The van der Waals surface area contributed by atoms with Gasteiger partial charge in [-0.1, -0.05) is 18.2 Å². The Kier molecular flexibility index (Phi) is 6.24. The maximum atomic E-state index is 13.1. The molecular formula is C22H26N2O5S. The molecule has 1 amide bonds. The molecule has 30 heavy (non-hydrogen) atoms. The van der Waals surface area contributed by atoms with Gasteiger partial charge in [-0.2, -0.15) is 0 Å². The summed E-state index contributed by atoms with van der Waals surface area (Å²) in [5.74, 6) is 0.215. The van der Waals surface area contributed by atoms with Crippen molar-refractivity contribution in [1.29, 1.82) is 0 Å². The number of fused-ring (bicyclic) bond motifs is 1. The predicted octanol–water partition coefficient (Wildman–Crippen LogP) is 2.50. The van der Waals surface area contributed by atoms with E-state index in [4.69, 9.17) is 9.47 Å². The van der Waals surface area contributed by atoms with Crippen LogP contribution in [0.4, 0.5) is 5.69 Å². The van der Waals surface area contributed by atoms with Crippen LogP contribution in [0.2, 0.25) is 0 Å². The molecule has 1 N–H and O–H groups in total. The van der Waals surface area contributed by atoms with Crippen LogP contribution in [0.3, 0.4) is 0 Å². The Balaban J connectivity index is 1.36. The first-order chi connectivity index (χ1) is 14.5. The lowest BCUT2D eigenvalue weighted by Crippen LogP contribution is -2.35. The third-order valence-corrected chi connectivity index (χ3v) is 7.23. The Hall–Kier alpha value is -2.58. The summed E-state index contributed by atoms with van der Waals surface area (Å²) in [5.41, 5.74) is 1.79. The van der Waals surface area contributed by atoms with E-state index in [0.717, 1.165) is 43.5 Å². The number of benzene rings is 2. The Morgan fingerprint density at radius 1 is 1.13 bits per heavy atom. The number of sulfonamides is 1. The molecule has 1 atom stereocenters. The summed E-state index contributed by atoms with van der Waals surface area (Å²) in [5, 5.41) is 2.79. The van der Waals surface area contributed by atoms with Gasteiger partial charge in [-0.25, -0.2) is 8.42 Å². The van der Waals surface area contributed by atoms with Crippen LogP contribution in [0, 0.1) is 0 Å². The van der Waals surface area contributed by atoms with Crippen LogP contribution in [0.1, 0.15) is 24.8 Å². The molecule has 4 rings (SSSR count). The van der Waals surface area contributed by atoms with Gasteiger partial charge in [0.15, 0.2) is 6.61 Å². The number of anilines is 1. The lowest BCUT2D eigenvalue weighted by Gasteiger charge is -2.30. The largest absolute Gasteiger partial charge is 0.484 e. The first kappa shape index (κ1) is 20.7. The minimum Gasteiger partial charge on any atom is -0.484 e. The van der Waals surface area contributed by atoms with Crippen LogP contribution in [-0.4, -0.2) is 46.7 Å². The van der Waals surface area contributed by atoms with Gasteiger partial charge in [0.1, 0.15) is 5.75 Å². The van der Waals surface area contributed by atoms with Gasteiger partial charge in [0.25, 0.3) is 15.9 Å². The Bertz CT molecular complexity index is 985. The van der Waals surface area contributed by atoms with Gasteiger partial charge >= 0.3 is 0 Å². The average Bonchev–Trinajstić information content (AvgIpc) is 3.30. The summed E-state index contributed by atoms with van der Waals surface area (Å²) < 4.78 is 38.7. The number of hydrogen-bond acceptors (Lipinski definition) is 5. The van der Waals surface area contributed by atoms with Gasteiger partial charge < -0.3 is 14.8 Å². The third-order valence-electron chi connectivity index (χ3n) is 5.40. The zero-order valence-electron chi connectivity index (χ0n) is 16.7. The van der Waals surface area contributed by atoms with Crippen LogP contribution < -0.4 is 14.4 Å². The smallest absolute Gasteiger partial charge is 0.264 e. The van der Waals surface area contributed by atoms with Crippen molar-refractivity contribution in [1.82, 2.24) is 5.32 Å². The normalized spacial score (nSPS) is 18.7. The highest BCUT2D eigenvalue weighted by atomic mass is 32.2. The van der Waals surface area contributed by atoms with E-state index in [2.05, 4.69) is 5.32 Å². The lowest BCUT2D eigenvalue weighted by atomic mass is 10.0. The molecule has 2 aliphatic heterocycles. The molecule has 7 nitrogen and oxygen atoms in total. The number of ether oxygens (including phenoxy) is 2. The Labute approximate surface area is 177 Å². The van der Waals surface area contributed by atoms with Gasteiger partial charge in [-0.3, -0.25) is 9.10 Å². The molecule has 0 spiro atoms. The van der Waals surface area contributed by atoms with E-state index < -0.39 is 10.0 Å². The topological polar surface area (TPSA) is 84.9 Å². The number of aryl methyl sites for hydroxylation is 1. The van der Waals surface area contributed by atoms with E-state index in [1.54, 1.807) is 12.1 Å². The number of amides is 1. The van der Waals surface area contributed by atoms with Crippen molar-refractivity contribution in [2.75, 3.05) is 30.6 Å².